The van der Waals surface area contributed by atoms with E-state index in [0.717, 1.165) is 31.4 Å². The number of carbonyl (C=O) groups is 2. The summed E-state index contributed by atoms with van der Waals surface area (Å²) in [5.74, 6) is 0.452. The molecule has 0 spiro atoms. The number of nitrogens with one attached hydrogen (secondary N) is 1. The number of benzene rings is 1. The summed E-state index contributed by atoms with van der Waals surface area (Å²) in [5.41, 5.74) is 6.94. The van der Waals surface area contributed by atoms with Crippen molar-refractivity contribution >= 4 is 21.9 Å². The zero-order valence-electron chi connectivity index (χ0n) is 26.1. The van der Waals surface area contributed by atoms with E-state index < -0.39 is 15.7 Å². The monoisotopic (exact) mass is 595 g/mol. The molecule has 2 unspecified atom stereocenters. The smallest absolute Gasteiger partial charge is 0.294 e. The third-order valence-electron chi connectivity index (χ3n) is 8.01. The van der Waals surface area contributed by atoms with Gasteiger partial charge in [0.2, 0.25) is 11.8 Å². The van der Waals surface area contributed by atoms with Gasteiger partial charge in [-0.05, 0) is 44.7 Å². The van der Waals surface area contributed by atoms with Crippen molar-refractivity contribution in [3.05, 3.63) is 29.8 Å². The minimum absolute atomic E-state index is 0.0666. The van der Waals surface area contributed by atoms with Crippen LogP contribution in [0.15, 0.2) is 29.2 Å². The SMILES string of the molecule is CCCCCCCCCCCCCCC(=O)NCC(C)C(C)(N)CN1CCCC1=O.Cc1ccc(S(=O)(=O)O)cc1. The number of hydrogen-bond acceptors (Lipinski definition) is 5. The number of likely N-dealkylation sites (tertiary alicyclic amines) is 1. The average Bonchev–Trinajstić information content (AvgIpc) is 3.31. The molecule has 1 aliphatic rings. The maximum absolute atomic E-state index is 12.1. The number of amides is 2. The maximum atomic E-state index is 12.1. The first kappa shape index (κ1) is 37.1. The van der Waals surface area contributed by atoms with Crippen LogP contribution in [0.4, 0.5) is 0 Å². The highest BCUT2D eigenvalue weighted by Crippen LogP contribution is 2.19. The van der Waals surface area contributed by atoms with E-state index in [-0.39, 0.29) is 22.6 Å². The maximum Gasteiger partial charge on any atom is 0.294 e. The van der Waals surface area contributed by atoms with Crippen LogP contribution < -0.4 is 11.1 Å². The molecule has 1 heterocycles. The Hall–Kier alpha value is -1.97. The van der Waals surface area contributed by atoms with Gasteiger partial charge in [-0.3, -0.25) is 14.1 Å². The Morgan fingerprint density at radius 3 is 1.98 bits per heavy atom. The molecular weight excluding hydrogens is 538 g/mol. The van der Waals surface area contributed by atoms with E-state index in [1.165, 1.54) is 76.3 Å². The summed E-state index contributed by atoms with van der Waals surface area (Å²) in [7, 11) is -4.02. The van der Waals surface area contributed by atoms with Gasteiger partial charge in [0.15, 0.2) is 0 Å². The number of nitrogens with two attached hydrogens (primary N) is 1. The second-order valence-electron chi connectivity index (χ2n) is 12.1. The first-order chi connectivity index (χ1) is 19.4. The van der Waals surface area contributed by atoms with E-state index in [0.29, 0.717) is 25.9 Å². The predicted octanol–water partition coefficient (Wildman–Crippen LogP) is 6.41. The van der Waals surface area contributed by atoms with Crippen LogP contribution in [0.2, 0.25) is 0 Å². The zero-order chi connectivity index (χ0) is 30.7. The highest BCUT2D eigenvalue weighted by molar-refractivity contribution is 7.85. The predicted molar refractivity (Wildman–Crippen MR) is 167 cm³/mol. The van der Waals surface area contributed by atoms with Gasteiger partial charge in [0.05, 0.1) is 4.90 Å². The van der Waals surface area contributed by atoms with Gasteiger partial charge in [-0.1, -0.05) is 102 Å². The molecule has 236 valence electrons. The van der Waals surface area contributed by atoms with Crippen molar-refractivity contribution in [2.75, 3.05) is 19.6 Å². The average molecular weight is 596 g/mol. The minimum atomic E-state index is -4.02. The molecule has 0 aromatic heterocycles. The van der Waals surface area contributed by atoms with Gasteiger partial charge in [-0.15, -0.1) is 0 Å². The first-order valence-corrected chi connectivity index (χ1v) is 17.2. The van der Waals surface area contributed by atoms with E-state index in [1.54, 1.807) is 12.1 Å². The van der Waals surface area contributed by atoms with Gasteiger partial charge < -0.3 is 16.0 Å². The number of aryl methyl sites for hydroxylation is 1. The first-order valence-electron chi connectivity index (χ1n) is 15.7. The number of carbonyl (C=O) groups excluding carboxylic acids is 2. The molecule has 9 heteroatoms. The Labute approximate surface area is 250 Å². The van der Waals surface area contributed by atoms with Crippen LogP contribution in [-0.4, -0.2) is 54.9 Å². The van der Waals surface area contributed by atoms with E-state index in [9.17, 15) is 18.0 Å². The normalized spacial score (nSPS) is 15.7. The lowest BCUT2D eigenvalue weighted by Crippen LogP contribution is -2.55. The summed E-state index contributed by atoms with van der Waals surface area (Å²) in [6.45, 7) is 10.1. The molecule has 0 radical (unpaired) electrons. The molecule has 1 aromatic carbocycles. The molecule has 2 atom stereocenters. The number of rotatable bonds is 19. The molecular formula is C32H57N3O5S. The van der Waals surface area contributed by atoms with Crippen LogP contribution in [-0.2, 0) is 19.7 Å². The summed E-state index contributed by atoms with van der Waals surface area (Å²) in [4.78, 5) is 25.8. The molecule has 1 saturated heterocycles. The summed E-state index contributed by atoms with van der Waals surface area (Å²) in [6.07, 6.45) is 17.8. The molecule has 4 N–H and O–H groups in total. The minimum Gasteiger partial charge on any atom is -0.356 e. The molecule has 0 bridgehead atoms. The van der Waals surface area contributed by atoms with Crippen molar-refractivity contribution in [2.24, 2.45) is 11.7 Å². The fraction of sp³-hybridized carbons (Fsp3) is 0.750. The summed E-state index contributed by atoms with van der Waals surface area (Å²) < 4.78 is 29.6. The van der Waals surface area contributed by atoms with Gasteiger partial charge >= 0.3 is 0 Å². The molecule has 41 heavy (non-hydrogen) atoms. The van der Waals surface area contributed by atoms with E-state index in [1.807, 2.05) is 18.7 Å². The fourth-order valence-electron chi connectivity index (χ4n) is 4.86. The lowest BCUT2D eigenvalue weighted by molar-refractivity contribution is -0.128. The lowest BCUT2D eigenvalue weighted by Gasteiger charge is -2.35. The Balaban J connectivity index is 0.000000634. The van der Waals surface area contributed by atoms with Crippen molar-refractivity contribution in [1.82, 2.24) is 10.2 Å². The van der Waals surface area contributed by atoms with Crippen LogP contribution in [0.3, 0.4) is 0 Å². The molecule has 1 aromatic rings. The largest absolute Gasteiger partial charge is 0.356 e. The molecule has 0 aliphatic carbocycles. The van der Waals surface area contributed by atoms with Gasteiger partial charge in [-0.25, -0.2) is 0 Å². The Bertz CT molecular complexity index is 980. The fourth-order valence-corrected chi connectivity index (χ4v) is 5.34. The van der Waals surface area contributed by atoms with Crippen molar-refractivity contribution < 1.29 is 22.6 Å². The van der Waals surface area contributed by atoms with Crippen molar-refractivity contribution in [1.29, 1.82) is 0 Å². The topological polar surface area (TPSA) is 130 Å². The molecule has 2 rings (SSSR count). The van der Waals surface area contributed by atoms with Crippen LogP contribution in [0.1, 0.15) is 123 Å². The Kier molecular flexibility index (Phi) is 18.1. The van der Waals surface area contributed by atoms with Crippen LogP contribution >= 0.6 is 0 Å². The van der Waals surface area contributed by atoms with Gasteiger partial charge in [0.25, 0.3) is 10.1 Å². The van der Waals surface area contributed by atoms with E-state index in [4.69, 9.17) is 10.3 Å². The third-order valence-corrected chi connectivity index (χ3v) is 8.88. The van der Waals surface area contributed by atoms with Gasteiger partial charge in [-0.2, -0.15) is 8.42 Å². The van der Waals surface area contributed by atoms with Crippen LogP contribution in [0.25, 0.3) is 0 Å². The Morgan fingerprint density at radius 1 is 1.00 bits per heavy atom. The second-order valence-corrected chi connectivity index (χ2v) is 13.5. The number of hydrogen-bond donors (Lipinski definition) is 3. The number of nitrogens with zero attached hydrogens (tertiary/aromatic N) is 1. The summed E-state index contributed by atoms with van der Waals surface area (Å²) >= 11 is 0. The highest BCUT2D eigenvalue weighted by Gasteiger charge is 2.32. The van der Waals surface area contributed by atoms with Crippen LogP contribution in [0, 0.1) is 12.8 Å². The lowest BCUT2D eigenvalue weighted by atomic mass is 9.87. The second kappa shape index (κ2) is 20.0. The standard InChI is InChI=1S/C25H49N3O2.C7H8O3S/c1-4-5-6-7-8-9-10-11-12-13-14-15-17-23(29)27-20-22(2)25(3,26)21-28-19-16-18-24(28)30;1-6-2-4-7(5-3-6)11(8,9)10/h22H,4-21,26H2,1-3H3,(H,27,29);2-5H,1H3,(H,8,9,10). The molecule has 2 amide bonds. The molecule has 1 fully saturated rings. The van der Waals surface area contributed by atoms with Crippen molar-refractivity contribution in [2.45, 2.75) is 134 Å². The van der Waals surface area contributed by atoms with E-state index in [2.05, 4.69) is 19.2 Å². The van der Waals surface area contributed by atoms with Crippen LogP contribution in [0.5, 0.6) is 0 Å². The van der Waals surface area contributed by atoms with Gasteiger partial charge in [0, 0.05) is 38.0 Å². The number of unbranched alkanes of at least 4 members (excludes halogenated alkanes) is 11. The third kappa shape index (κ3) is 16.9. The van der Waals surface area contributed by atoms with Gasteiger partial charge in [0.1, 0.15) is 0 Å². The zero-order valence-corrected chi connectivity index (χ0v) is 26.9. The van der Waals surface area contributed by atoms with Crippen molar-refractivity contribution in [3.8, 4) is 0 Å². The molecule has 8 nitrogen and oxygen atoms in total. The van der Waals surface area contributed by atoms with E-state index >= 15 is 0 Å². The summed E-state index contributed by atoms with van der Waals surface area (Å²) in [6, 6.07) is 5.99. The Morgan fingerprint density at radius 2 is 1.51 bits per heavy atom. The summed E-state index contributed by atoms with van der Waals surface area (Å²) in [5, 5.41) is 3.04. The molecule has 1 aliphatic heterocycles. The highest BCUT2D eigenvalue weighted by atomic mass is 32.2. The molecule has 0 saturated carbocycles. The van der Waals surface area contributed by atoms with Crippen molar-refractivity contribution in [3.63, 3.8) is 0 Å². The quantitative estimate of drug-likeness (QED) is 0.125.